The molecule has 0 spiro atoms. The van der Waals surface area contributed by atoms with Gasteiger partial charge in [-0.25, -0.2) is 15.0 Å². The molecule has 2 aromatic heterocycles. The third kappa shape index (κ3) is 1.22. The summed E-state index contributed by atoms with van der Waals surface area (Å²) in [6.07, 6.45) is 2.38. The van der Waals surface area contributed by atoms with Crippen LogP contribution in [0.25, 0.3) is 11.2 Å². The third-order valence-corrected chi connectivity index (χ3v) is 1.91. The highest BCUT2D eigenvalue weighted by atomic mass is 15.1. The number of H-pyrrole nitrogens is 1. The maximum Gasteiger partial charge on any atom is 0.183 e. The molecule has 0 aliphatic rings. The average Bonchev–Trinajstić information content (AvgIpc) is 2.59. The molecule has 0 aliphatic heterocycles. The largest absolute Gasteiger partial charge is 0.371 e. The van der Waals surface area contributed by atoms with Crippen molar-refractivity contribution in [1.82, 2.24) is 19.9 Å². The van der Waals surface area contributed by atoms with Gasteiger partial charge in [0.1, 0.15) is 17.7 Å². The Morgan fingerprint density at radius 2 is 2.31 bits per heavy atom. The molecule has 2 heterocycles. The summed E-state index contributed by atoms with van der Waals surface area (Å²) in [7, 11) is 1.83. The zero-order valence-corrected chi connectivity index (χ0v) is 7.63. The van der Waals surface area contributed by atoms with Crippen LogP contribution >= 0.6 is 0 Å². The number of nitrogens with zero attached hydrogens (tertiary/aromatic N) is 3. The number of hydrogen-bond donors (Lipinski definition) is 2. The molecular formula is C8H11N5. The Morgan fingerprint density at radius 1 is 1.46 bits per heavy atom. The van der Waals surface area contributed by atoms with E-state index in [0.717, 1.165) is 29.2 Å². The molecule has 0 radical (unpaired) electrons. The lowest BCUT2D eigenvalue weighted by Gasteiger charge is -1.96. The first kappa shape index (κ1) is 7.97. The third-order valence-electron chi connectivity index (χ3n) is 1.91. The van der Waals surface area contributed by atoms with E-state index in [1.807, 2.05) is 14.0 Å². The zero-order chi connectivity index (χ0) is 9.26. The average molecular weight is 177 g/mol. The van der Waals surface area contributed by atoms with Crippen molar-refractivity contribution in [2.75, 3.05) is 12.4 Å². The van der Waals surface area contributed by atoms with Crippen LogP contribution < -0.4 is 5.32 Å². The molecule has 13 heavy (non-hydrogen) atoms. The van der Waals surface area contributed by atoms with Crippen LogP contribution in [0.15, 0.2) is 6.33 Å². The van der Waals surface area contributed by atoms with Gasteiger partial charge in [-0.2, -0.15) is 0 Å². The Hall–Kier alpha value is -1.65. The standard InChI is InChI=1S/C8H11N5/c1-3-5-12-6-7(9-2)10-4-11-8(6)13-5/h4H,3H2,1-2H3,(H2,9,10,11,12,13). The van der Waals surface area contributed by atoms with Crippen LogP contribution in [0.5, 0.6) is 0 Å². The number of aromatic amines is 1. The van der Waals surface area contributed by atoms with Crippen molar-refractivity contribution in [1.29, 1.82) is 0 Å². The number of nitrogens with one attached hydrogen (secondary N) is 2. The first-order chi connectivity index (χ1) is 6.35. The van der Waals surface area contributed by atoms with Crippen molar-refractivity contribution < 1.29 is 0 Å². The molecule has 2 aromatic rings. The molecule has 0 saturated carbocycles. The van der Waals surface area contributed by atoms with E-state index in [1.54, 1.807) is 0 Å². The van der Waals surface area contributed by atoms with Gasteiger partial charge in [-0.3, -0.25) is 0 Å². The molecule has 0 aromatic carbocycles. The lowest BCUT2D eigenvalue weighted by Crippen LogP contribution is -1.93. The fraction of sp³-hybridized carbons (Fsp3) is 0.375. The van der Waals surface area contributed by atoms with Crippen molar-refractivity contribution in [2.24, 2.45) is 0 Å². The maximum atomic E-state index is 4.29. The second kappa shape index (κ2) is 3.01. The lowest BCUT2D eigenvalue weighted by molar-refractivity contribution is 0.997. The monoisotopic (exact) mass is 177 g/mol. The number of imidazole rings is 1. The van der Waals surface area contributed by atoms with Crippen molar-refractivity contribution in [3.8, 4) is 0 Å². The van der Waals surface area contributed by atoms with Gasteiger partial charge in [0, 0.05) is 13.5 Å². The molecule has 0 fully saturated rings. The minimum absolute atomic E-state index is 0.719. The predicted octanol–water partition coefficient (Wildman–Crippen LogP) is 0.957. The van der Waals surface area contributed by atoms with Gasteiger partial charge in [-0.15, -0.1) is 0 Å². The Morgan fingerprint density at radius 3 is 3.00 bits per heavy atom. The van der Waals surface area contributed by atoms with E-state index < -0.39 is 0 Å². The molecule has 5 nitrogen and oxygen atoms in total. The summed E-state index contributed by atoms with van der Waals surface area (Å²) in [6.45, 7) is 2.05. The molecular weight excluding hydrogens is 166 g/mol. The molecule has 0 bridgehead atoms. The normalized spacial score (nSPS) is 10.6. The van der Waals surface area contributed by atoms with Gasteiger partial charge in [-0.1, -0.05) is 6.92 Å². The number of hydrogen-bond acceptors (Lipinski definition) is 4. The summed E-state index contributed by atoms with van der Waals surface area (Å²) in [5.74, 6) is 1.73. The fourth-order valence-electron chi connectivity index (χ4n) is 1.23. The molecule has 0 saturated heterocycles. The topological polar surface area (TPSA) is 66.5 Å². The quantitative estimate of drug-likeness (QED) is 0.717. The molecule has 2 rings (SSSR count). The van der Waals surface area contributed by atoms with Crippen molar-refractivity contribution in [3.05, 3.63) is 12.2 Å². The van der Waals surface area contributed by atoms with Crippen LogP contribution in [0, 0.1) is 0 Å². The van der Waals surface area contributed by atoms with Gasteiger partial charge >= 0.3 is 0 Å². The van der Waals surface area contributed by atoms with E-state index >= 15 is 0 Å². The summed E-state index contributed by atoms with van der Waals surface area (Å²) in [6, 6.07) is 0. The van der Waals surface area contributed by atoms with Gasteiger partial charge in [0.05, 0.1) is 0 Å². The molecule has 2 N–H and O–H groups in total. The van der Waals surface area contributed by atoms with E-state index in [0.29, 0.717) is 0 Å². The zero-order valence-electron chi connectivity index (χ0n) is 7.63. The summed E-state index contributed by atoms with van der Waals surface area (Å²) < 4.78 is 0. The van der Waals surface area contributed by atoms with E-state index in [2.05, 4.69) is 25.3 Å². The number of fused-ring (bicyclic) bond motifs is 1. The van der Waals surface area contributed by atoms with Gasteiger partial charge < -0.3 is 10.3 Å². The summed E-state index contributed by atoms with van der Waals surface area (Å²) in [5, 5.41) is 2.99. The van der Waals surface area contributed by atoms with Gasteiger partial charge in [-0.05, 0) is 0 Å². The highest BCUT2D eigenvalue weighted by molar-refractivity contribution is 5.82. The van der Waals surface area contributed by atoms with Crippen LogP contribution in [0.4, 0.5) is 5.82 Å². The highest BCUT2D eigenvalue weighted by Gasteiger charge is 2.06. The highest BCUT2D eigenvalue weighted by Crippen LogP contribution is 2.15. The van der Waals surface area contributed by atoms with Gasteiger partial charge in [0.2, 0.25) is 0 Å². The number of aryl methyl sites for hydroxylation is 1. The van der Waals surface area contributed by atoms with Gasteiger partial charge in [0.25, 0.3) is 0 Å². The van der Waals surface area contributed by atoms with E-state index in [1.165, 1.54) is 6.33 Å². The first-order valence-corrected chi connectivity index (χ1v) is 4.22. The molecule has 0 unspecified atom stereocenters. The molecule has 0 atom stereocenters. The molecule has 68 valence electrons. The second-order valence-corrected chi connectivity index (χ2v) is 2.71. The van der Waals surface area contributed by atoms with E-state index in [-0.39, 0.29) is 0 Å². The minimum atomic E-state index is 0.719. The van der Waals surface area contributed by atoms with Gasteiger partial charge in [0.15, 0.2) is 11.5 Å². The Bertz CT molecular complexity index is 419. The SMILES string of the molecule is CCc1nc2ncnc(NC)c2[nH]1. The van der Waals surface area contributed by atoms with Crippen molar-refractivity contribution in [3.63, 3.8) is 0 Å². The maximum absolute atomic E-state index is 4.29. The van der Waals surface area contributed by atoms with Crippen LogP contribution in [0.2, 0.25) is 0 Å². The van der Waals surface area contributed by atoms with Crippen LogP contribution in [-0.4, -0.2) is 27.0 Å². The number of anilines is 1. The second-order valence-electron chi connectivity index (χ2n) is 2.71. The van der Waals surface area contributed by atoms with Crippen LogP contribution in [0.1, 0.15) is 12.7 Å². The summed E-state index contributed by atoms with van der Waals surface area (Å²) in [4.78, 5) is 15.6. The lowest BCUT2D eigenvalue weighted by atomic mass is 10.5. The Kier molecular flexibility index (Phi) is 1.84. The smallest absolute Gasteiger partial charge is 0.183 e. The van der Waals surface area contributed by atoms with Crippen LogP contribution in [0.3, 0.4) is 0 Å². The first-order valence-electron chi connectivity index (χ1n) is 4.22. The van der Waals surface area contributed by atoms with E-state index in [4.69, 9.17) is 0 Å². The van der Waals surface area contributed by atoms with Crippen molar-refractivity contribution in [2.45, 2.75) is 13.3 Å². The summed E-state index contributed by atoms with van der Waals surface area (Å²) >= 11 is 0. The fourth-order valence-corrected chi connectivity index (χ4v) is 1.23. The molecule has 0 aliphatic carbocycles. The summed E-state index contributed by atoms with van der Waals surface area (Å²) in [5.41, 5.74) is 1.60. The molecule has 5 heteroatoms. The minimum Gasteiger partial charge on any atom is -0.371 e. The Balaban J connectivity index is 2.67. The predicted molar refractivity (Wildman–Crippen MR) is 50.6 cm³/mol. The van der Waals surface area contributed by atoms with Crippen LogP contribution in [-0.2, 0) is 6.42 Å². The number of aromatic nitrogens is 4. The van der Waals surface area contributed by atoms with E-state index in [9.17, 15) is 0 Å². The molecule has 0 amide bonds. The number of rotatable bonds is 2. The Labute approximate surface area is 75.6 Å². The van der Waals surface area contributed by atoms with Crippen molar-refractivity contribution >= 4 is 17.0 Å².